The molecule has 1 N–H and O–H groups in total. The Hall–Kier alpha value is 0.660. The van der Waals surface area contributed by atoms with Crippen molar-refractivity contribution in [2.75, 3.05) is 13.1 Å². The van der Waals surface area contributed by atoms with Gasteiger partial charge in [0.25, 0.3) is 0 Å². The molecule has 3 heteroatoms. The van der Waals surface area contributed by atoms with E-state index in [0.29, 0.717) is 10.2 Å². The summed E-state index contributed by atoms with van der Waals surface area (Å²) in [5.41, 5.74) is 0.671. The first-order chi connectivity index (χ1) is 5.18. The smallest absolute Gasteiger partial charge is 0.0244 e. The normalized spacial score (nSPS) is 49.6. The molecule has 0 amide bonds. The molecular weight excluding hydrogens is 174 g/mol. The molecule has 11 heavy (non-hydrogen) atoms. The molecule has 0 aromatic carbocycles. The third-order valence-electron chi connectivity index (χ3n) is 3.05. The molecule has 1 spiro atoms. The van der Waals surface area contributed by atoms with E-state index < -0.39 is 0 Å². The predicted octanol–water partition coefficient (Wildman–Crippen LogP) is 2.10. The lowest BCUT2D eigenvalue weighted by Crippen LogP contribution is -2.48. The molecule has 1 nitrogen and oxygen atoms in total. The summed E-state index contributed by atoms with van der Waals surface area (Å²) in [6.07, 6.45) is 4.11. The number of thiol groups is 1. The number of rotatable bonds is 1. The molecule has 1 saturated heterocycles. The van der Waals surface area contributed by atoms with E-state index in [9.17, 15) is 0 Å². The third-order valence-corrected chi connectivity index (χ3v) is 5.10. The Balaban J connectivity index is 1.95. The van der Waals surface area contributed by atoms with Gasteiger partial charge in [-0.15, -0.1) is 11.7 Å². The van der Waals surface area contributed by atoms with Crippen LogP contribution in [-0.4, -0.2) is 17.8 Å². The second-order valence-corrected chi connectivity index (χ2v) is 6.04. The van der Waals surface area contributed by atoms with Crippen LogP contribution in [0, 0.1) is 5.41 Å². The van der Waals surface area contributed by atoms with Crippen molar-refractivity contribution in [2.24, 2.45) is 5.41 Å². The Kier molecular flexibility index (Phi) is 1.93. The van der Waals surface area contributed by atoms with E-state index in [1.807, 2.05) is 0 Å². The number of nitrogens with one attached hydrogen (secondary N) is 1. The van der Waals surface area contributed by atoms with Gasteiger partial charge in [-0.2, -0.15) is 0 Å². The average Bonchev–Trinajstić information content (AvgIpc) is 2.35. The average molecular weight is 189 g/mol. The topological polar surface area (TPSA) is 12.0 Å². The molecule has 64 valence electrons. The molecule has 0 aromatic rings. The molecule has 0 bridgehead atoms. The molecule has 1 saturated carbocycles. The molecule has 1 aliphatic heterocycles. The van der Waals surface area contributed by atoms with Gasteiger partial charge in [0.2, 0.25) is 0 Å². The molecule has 0 atom stereocenters. The van der Waals surface area contributed by atoms with Crippen molar-refractivity contribution in [3.63, 3.8) is 0 Å². The van der Waals surface area contributed by atoms with Gasteiger partial charge in [-0.1, -0.05) is 10.8 Å². The van der Waals surface area contributed by atoms with Crippen LogP contribution < -0.4 is 5.32 Å². The maximum absolute atomic E-state index is 4.30. The van der Waals surface area contributed by atoms with Gasteiger partial charge in [0, 0.05) is 11.3 Å². The van der Waals surface area contributed by atoms with E-state index in [1.165, 1.54) is 32.4 Å². The van der Waals surface area contributed by atoms with Crippen molar-refractivity contribution < 1.29 is 0 Å². The third kappa shape index (κ3) is 1.31. The fourth-order valence-electron chi connectivity index (χ4n) is 2.70. The highest BCUT2D eigenvalue weighted by Crippen LogP contribution is 2.58. The fourth-order valence-corrected chi connectivity index (χ4v) is 3.83. The van der Waals surface area contributed by atoms with E-state index in [-0.39, 0.29) is 0 Å². The predicted molar refractivity (Wildman–Crippen MR) is 54.1 cm³/mol. The van der Waals surface area contributed by atoms with Crippen LogP contribution in [0.15, 0.2) is 0 Å². The monoisotopic (exact) mass is 189 g/mol. The van der Waals surface area contributed by atoms with Crippen molar-refractivity contribution in [3.05, 3.63) is 0 Å². The Morgan fingerprint density at radius 3 is 2.64 bits per heavy atom. The molecule has 1 aliphatic carbocycles. The number of hydrogen-bond acceptors (Lipinski definition) is 3. The molecular formula is C8H15NS2. The lowest BCUT2D eigenvalue weighted by Gasteiger charge is -2.51. The van der Waals surface area contributed by atoms with Gasteiger partial charge in [-0.05, 0) is 38.1 Å². The van der Waals surface area contributed by atoms with Crippen LogP contribution in [0.5, 0.6) is 0 Å². The zero-order valence-corrected chi connectivity index (χ0v) is 8.60. The second kappa shape index (κ2) is 2.57. The molecule has 1 heterocycles. The zero-order chi connectivity index (χ0) is 7.95. The van der Waals surface area contributed by atoms with E-state index in [2.05, 4.69) is 23.9 Å². The Morgan fingerprint density at radius 1 is 1.45 bits per heavy atom. The van der Waals surface area contributed by atoms with Gasteiger partial charge in [-0.25, -0.2) is 0 Å². The van der Waals surface area contributed by atoms with E-state index in [4.69, 9.17) is 0 Å². The first kappa shape index (κ1) is 8.27. The fraction of sp³-hybridized carbons (Fsp3) is 1.00. The van der Waals surface area contributed by atoms with Crippen LogP contribution in [0.2, 0.25) is 0 Å². The minimum Gasteiger partial charge on any atom is -0.316 e. The summed E-state index contributed by atoms with van der Waals surface area (Å²) in [6, 6.07) is 0. The van der Waals surface area contributed by atoms with Crippen molar-refractivity contribution in [1.82, 2.24) is 5.32 Å². The van der Waals surface area contributed by atoms with Gasteiger partial charge in [-0.3, -0.25) is 0 Å². The SMILES string of the molecule is CC1(SS)CC2(CCNC2)C1. The summed E-state index contributed by atoms with van der Waals surface area (Å²) in [4.78, 5) is 0. The summed E-state index contributed by atoms with van der Waals surface area (Å²) in [5, 5.41) is 3.44. The number of hydrogen-bond donors (Lipinski definition) is 2. The van der Waals surface area contributed by atoms with Gasteiger partial charge >= 0.3 is 0 Å². The van der Waals surface area contributed by atoms with E-state index >= 15 is 0 Å². The van der Waals surface area contributed by atoms with Crippen molar-refractivity contribution in [2.45, 2.75) is 30.9 Å². The molecule has 0 unspecified atom stereocenters. The molecule has 0 aromatic heterocycles. The summed E-state index contributed by atoms with van der Waals surface area (Å²) < 4.78 is 0.481. The highest BCUT2D eigenvalue weighted by molar-refractivity contribution is 8.69. The Labute approximate surface area is 77.5 Å². The van der Waals surface area contributed by atoms with Crippen molar-refractivity contribution in [1.29, 1.82) is 0 Å². The largest absolute Gasteiger partial charge is 0.316 e. The lowest BCUT2D eigenvalue weighted by atomic mass is 9.61. The summed E-state index contributed by atoms with van der Waals surface area (Å²) in [5.74, 6) is 0. The zero-order valence-electron chi connectivity index (χ0n) is 6.89. The first-order valence-corrected chi connectivity index (χ1v) is 6.08. The van der Waals surface area contributed by atoms with Crippen LogP contribution in [0.3, 0.4) is 0 Å². The van der Waals surface area contributed by atoms with E-state index in [1.54, 1.807) is 10.8 Å². The molecule has 0 radical (unpaired) electrons. The lowest BCUT2D eigenvalue weighted by molar-refractivity contribution is 0.117. The maximum atomic E-state index is 4.30. The van der Waals surface area contributed by atoms with Gasteiger partial charge < -0.3 is 5.32 Å². The van der Waals surface area contributed by atoms with Crippen LogP contribution in [0.1, 0.15) is 26.2 Å². The maximum Gasteiger partial charge on any atom is 0.0244 e. The summed E-state index contributed by atoms with van der Waals surface area (Å²) in [6.45, 7) is 4.80. The van der Waals surface area contributed by atoms with Crippen molar-refractivity contribution in [3.8, 4) is 0 Å². The Bertz CT molecular complexity index is 155. The summed E-state index contributed by atoms with van der Waals surface area (Å²) >= 11 is 4.30. The Morgan fingerprint density at radius 2 is 2.18 bits per heavy atom. The quantitative estimate of drug-likeness (QED) is 0.484. The highest BCUT2D eigenvalue weighted by Gasteiger charge is 2.52. The van der Waals surface area contributed by atoms with Crippen LogP contribution in [-0.2, 0) is 0 Å². The van der Waals surface area contributed by atoms with Crippen LogP contribution >= 0.6 is 22.5 Å². The molecule has 2 aliphatic rings. The highest BCUT2D eigenvalue weighted by atomic mass is 33.1. The molecule has 2 fully saturated rings. The van der Waals surface area contributed by atoms with Gasteiger partial charge in [0.15, 0.2) is 0 Å². The summed E-state index contributed by atoms with van der Waals surface area (Å²) in [7, 11) is 1.74. The van der Waals surface area contributed by atoms with Crippen molar-refractivity contribution >= 4 is 22.5 Å². The first-order valence-electron chi connectivity index (χ1n) is 4.22. The minimum absolute atomic E-state index is 0.481. The second-order valence-electron chi connectivity index (χ2n) is 4.32. The van der Waals surface area contributed by atoms with Crippen LogP contribution in [0.25, 0.3) is 0 Å². The minimum atomic E-state index is 0.481. The standard InChI is InChI=1S/C8H15NS2/c1-7(11-10)4-8(5-7)2-3-9-6-8/h9-10H,2-6H2,1H3. The van der Waals surface area contributed by atoms with Gasteiger partial charge in [0.05, 0.1) is 0 Å². The van der Waals surface area contributed by atoms with Gasteiger partial charge in [0.1, 0.15) is 0 Å². The van der Waals surface area contributed by atoms with Crippen LogP contribution in [0.4, 0.5) is 0 Å². The van der Waals surface area contributed by atoms with E-state index in [0.717, 1.165) is 0 Å². The molecule has 2 rings (SSSR count).